The van der Waals surface area contributed by atoms with Crippen LogP contribution in [-0.4, -0.2) is 30.5 Å². The number of hydrogen-bond acceptors (Lipinski definition) is 2. The van der Waals surface area contributed by atoms with E-state index in [1.165, 1.54) is 24.0 Å². The molecule has 20 heavy (non-hydrogen) atoms. The Labute approximate surface area is 120 Å². The van der Waals surface area contributed by atoms with Crippen molar-refractivity contribution in [3.63, 3.8) is 0 Å². The molecule has 1 saturated heterocycles. The van der Waals surface area contributed by atoms with E-state index in [4.69, 9.17) is 4.74 Å². The Bertz CT molecular complexity index is 490. The van der Waals surface area contributed by atoms with E-state index in [2.05, 4.69) is 19.1 Å². The van der Waals surface area contributed by atoms with Gasteiger partial charge in [-0.2, -0.15) is 0 Å². The normalized spacial score (nSPS) is 18.9. The number of amides is 1. The van der Waals surface area contributed by atoms with Gasteiger partial charge >= 0.3 is 0 Å². The fourth-order valence-corrected chi connectivity index (χ4v) is 3.13. The largest absolute Gasteiger partial charge is 0.484 e. The molecule has 1 aliphatic carbocycles. The summed E-state index contributed by atoms with van der Waals surface area (Å²) in [6.45, 7) is 4.19. The lowest BCUT2D eigenvalue weighted by molar-refractivity contribution is -0.134. The third-order valence-corrected chi connectivity index (χ3v) is 4.57. The van der Waals surface area contributed by atoms with Gasteiger partial charge in [-0.15, -0.1) is 0 Å². The Morgan fingerprint density at radius 1 is 1.25 bits per heavy atom. The molecule has 0 spiro atoms. The van der Waals surface area contributed by atoms with Crippen LogP contribution in [0.25, 0.3) is 0 Å². The van der Waals surface area contributed by atoms with E-state index in [1.807, 2.05) is 11.0 Å². The van der Waals surface area contributed by atoms with Gasteiger partial charge in [-0.05, 0) is 61.3 Å². The van der Waals surface area contributed by atoms with Crippen molar-refractivity contribution < 1.29 is 9.53 Å². The summed E-state index contributed by atoms with van der Waals surface area (Å²) in [7, 11) is 0. The molecule has 3 rings (SSSR count). The summed E-state index contributed by atoms with van der Waals surface area (Å²) in [4.78, 5) is 14.1. The molecule has 3 nitrogen and oxygen atoms in total. The van der Waals surface area contributed by atoms with Crippen LogP contribution in [0.2, 0.25) is 0 Å². The van der Waals surface area contributed by atoms with Gasteiger partial charge in [-0.1, -0.05) is 13.0 Å². The highest BCUT2D eigenvalue weighted by molar-refractivity contribution is 5.77. The highest BCUT2D eigenvalue weighted by atomic mass is 16.5. The zero-order valence-electron chi connectivity index (χ0n) is 12.2. The van der Waals surface area contributed by atoms with E-state index in [1.54, 1.807) is 0 Å². The quantitative estimate of drug-likeness (QED) is 0.847. The standard InChI is InChI=1S/C17H23NO2/c1-13-7-9-18(10-8-13)17(19)12-20-16-6-5-14-3-2-4-15(14)11-16/h5-6,11,13H,2-4,7-10,12H2,1H3. The number of aryl methyl sites for hydroxylation is 2. The number of ether oxygens (including phenoxy) is 1. The van der Waals surface area contributed by atoms with Crippen molar-refractivity contribution in [2.75, 3.05) is 19.7 Å². The van der Waals surface area contributed by atoms with E-state index in [-0.39, 0.29) is 12.5 Å². The molecule has 0 unspecified atom stereocenters. The van der Waals surface area contributed by atoms with Gasteiger partial charge in [0.15, 0.2) is 6.61 Å². The van der Waals surface area contributed by atoms with Crippen molar-refractivity contribution in [3.8, 4) is 5.75 Å². The lowest BCUT2D eigenvalue weighted by atomic mass is 9.99. The first-order valence-corrected chi connectivity index (χ1v) is 7.75. The minimum Gasteiger partial charge on any atom is -0.484 e. The number of benzene rings is 1. The molecule has 1 fully saturated rings. The molecular formula is C17H23NO2. The Hall–Kier alpha value is -1.51. The summed E-state index contributed by atoms with van der Waals surface area (Å²) in [5.41, 5.74) is 2.83. The van der Waals surface area contributed by atoms with Crippen LogP contribution in [0.1, 0.15) is 37.3 Å². The maximum Gasteiger partial charge on any atom is 0.260 e. The SMILES string of the molecule is CC1CCN(C(=O)COc2ccc3c(c2)CCC3)CC1. The summed E-state index contributed by atoms with van der Waals surface area (Å²) < 4.78 is 5.68. The first kappa shape index (κ1) is 13.5. The zero-order chi connectivity index (χ0) is 13.9. The van der Waals surface area contributed by atoms with Crippen molar-refractivity contribution >= 4 is 5.91 Å². The van der Waals surface area contributed by atoms with E-state index in [9.17, 15) is 4.79 Å². The van der Waals surface area contributed by atoms with Gasteiger partial charge in [0.05, 0.1) is 0 Å². The van der Waals surface area contributed by atoms with Gasteiger partial charge in [0.1, 0.15) is 5.75 Å². The summed E-state index contributed by atoms with van der Waals surface area (Å²) in [5.74, 6) is 1.71. The maximum atomic E-state index is 12.1. The molecule has 2 aliphatic rings. The average molecular weight is 273 g/mol. The third kappa shape index (κ3) is 2.97. The minimum absolute atomic E-state index is 0.123. The predicted molar refractivity (Wildman–Crippen MR) is 78.9 cm³/mol. The fourth-order valence-electron chi connectivity index (χ4n) is 3.13. The highest BCUT2D eigenvalue weighted by Gasteiger charge is 2.20. The Morgan fingerprint density at radius 2 is 2.00 bits per heavy atom. The van der Waals surface area contributed by atoms with Gasteiger partial charge in [-0.25, -0.2) is 0 Å². The van der Waals surface area contributed by atoms with E-state index < -0.39 is 0 Å². The molecule has 0 saturated carbocycles. The predicted octanol–water partition coefficient (Wildman–Crippen LogP) is 2.81. The third-order valence-electron chi connectivity index (χ3n) is 4.57. The molecule has 1 amide bonds. The number of carbonyl (C=O) groups is 1. The first-order valence-electron chi connectivity index (χ1n) is 7.75. The van der Waals surface area contributed by atoms with E-state index in [0.717, 1.165) is 44.0 Å². The van der Waals surface area contributed by atoms with Gasteiger partial charge in [0, 0.05) is 13.1 Å². The average Bonchev–Trinajstić information content (AvgIpc) is 2.93. The molecule has 1 aliphatic heterocycles. The molecule has 1 heterocycles. The molecule has 0 aromatic heterocycles. The second kappa shape index (κ2) is 5.86. The van der Waals surface area contributed by atoms with Gasteiger partial charge < -0.3 is 9.64 Å². The molecule has 0 atom stereocenters. The Kier molecular flexibility index (Phi) is 3.95. The molecule has 0 radical (unpaired) electrons. The number of rotatable bonds is 3. The minimum atomic E-state index is 0.123. The number of hydrogen-bond donors (Lipinski definition) is 0. The summed E-state index contributed by atoms with van der Waals surface area (Å²) in [6.07, 6.45) is 5.80. The maximum absolute atomic E-state index is 12.1. The lowest BCUT2D eigenvalue weighted by Gasteiger charge is -2.30. The molecule has 0 bridgehead atoms. The van der Waals surface area contributed by atoms with Crippen molar-refractivity contribution in [1.29, 1.82) is 0 Å². The van der Waals surface area contributed by atoms with Crippen molar-refractivity contribution in [3.05, 3.63) is 29.3 Å². The summed E-state index contributed by atoms with van der Waals surface area (Å²) in [5, 5.41) is 0. The van der Waals surface area contributed by atoms with Crippen molar-refractivity contribution in [1.82, 2.24) is 4.90 Å². The Balaban J connectivity index is 1.53. The molecule has 108 valence electrons. The van der Waals surface area contributed by atoms with Gasteiger partial charge in [0.2, 0.25) is 0 Å². The zero-order valence-corrected chi connectivity index (χ0v) is 12.2. The van der Waals surface area contributed by atoms with Crippen molar-refractivity contribution in [2.45, 2.75) is 39.0 Å². The van der Waals surface area contributed by atoms with Gasteiger partial charge in [0.25, 0.3) is 5.91 Å². The molecular weight excluding hydrogens is 250 g/mol. The highest BCUT2D eigenvalue weighted by Crippen LogP contribution is 2.26. The number of piperidine rings is 1. The van der Waals surface area contributed by atoms with Crippen LogP contribution in [0.15, 0.2) is 18.2 Å². The molecule has 0 N–H and O–H groups in total. The van der Waals surface area contributed by atoms with Crippen LogP contribution in [0.4, 0.5) is 0 Å². The topological polar surface area (TPSA) is 29.5 Å². The lowest BCUT2D eigenvalue weighted by Crippen LogP contribution is -2.40. The second-order valence-corrected chi connectivity index (χ2v) is 6.14. The van der Waals surface area contributed by atoms with Gasteiger partial charge in [-0.3, -0.25) is 4.79 Å². The van der Waals surface area contributed by atoms with Crippen LogP contribution >= 0.6 is 0 Å². The molecule has 1 aromatic rings. The van der Waals surface area contributed by atoms with E-state index >= 15 is 0 Å². The smallest absolute Gasteiger partial charge is 0.260 e. The monoisotopic (exact) mass is 273 g/mol. The van der Waals surface area contributed by atoms with E-state index in [0.29, 0.717) is 0 Å². The van der Waals surface area contributed by atoms with Crippen LogP contribution in [0.5, 0.6) is 5.75 Å². The van der Waals surface area contributed by atoms with Crippen LogP contribution in [0, 0.1) is 5.92 Å². The van der Waals surface area contributed by atoms with Crippen LogP contribution < -0.4 is 4.74 Å². The first-order chi connectivity index (χ1) is 9.72. The number of likely N-dealkylation sites (tertiary alicyclic amines) is 1. The summed E-state index contributed by atoms with van der Waals surface area (Å²) in [6, 6.07) is 6.24. The fraction of sp³-hybridized carbons (Fsp3) is 0.588. The number of nitrogens with zero attached hydrogens (tertiary/aromatic N) is 1. The molecule has 3 heteroatoms. The Morgan fingerprint density at radius 3 is 2.80 bits per heavy atom. The second-order valence-electron chi connectivity index (χ2n) is 6.14. The summed E-state index contributed by atoms with van der Waals surface area (Å²) >= 11 is 0. The van der Waals surface area contributed by atoms with Crippen LogP contribution in [0.3, 0.4) is 0 Å². The molecule has 1 aromatic carbocycles. The van der Waals surface area contributed by atoms with Crippen molar-refractivity contribution in [2.24, 2.45) is 5.92 Å². The number of carbonyl (C=O) groups excluding carboxylic acids is 1. The number of fused-ring (bicyclic) bond motifs is 1. The van der Waals surface area contributed by atoms with Crippen LogP contribution in [-0.2, 0) is 17.6 Å².